The third-order valence-corrected chi connectivity index (χ3v) is 4.38. The van der Waals surface area contributed by atoms with E-state index in [1.165, 1.54) is 10.6 Å². The van der Waals surface area contributed by atoms with Crippen LogP contribution in [0.25, 0.3) is 0 Å². The lowest BCUT2D eigenvalue weighted by molar-refractivity contribution is 0.329. The molecule has 1 unspecified atom stereocenters. The number of nitrogens with zero attached hydrogens (tertiary/aromatic N) is 3. The van der Waals surface area contributed by atoms with Crippen LogP contribution in [0.15, 0.2) is 6.07 Å². The fourth-order valence-electron chi connectivity index (χ4n) is 2.08. The van der Waals surface area contributed by atoms with Gasteiger partial charge in [-0.2, -0.15) is 4.98 Å². The second-order valence-electron chi connectivity index (χ2n) is 4.54. The number of piperidine rings is 1. The molecule has 9 heteroatoms. The molecule has 1 aliphatic heterocycles. The van der Waals surface area contributed by atoms with Crippen LogP contribution in [0.3, 0.4) is 0 Å². The van der Waals surface area contributed by atoms with Crippen molar-refractivity contribution in [3.63, 3.8) is 0 Å². The van der Waals surface area contributed by atoms with Gasteiger partial charge in [0.25, 0.3) is 0 Å². The van der Waals surface area contributed by atoms with Gasteiger partial charge in [0, 0.05) is 25.2 Å². The molecular weight excluding hydrogens is 290 g/mol. The molecule has 1 fully saturated rings. The van der Waals surface area contributed by atoms with Gasteiger partial charge >= 0.3 is 0 Å². The zero-order valence-corrected chi connectivity index (χ0v) is 12.1. The van der Waals surface area contributed by atoms with Crippen LogP contribution in [0.2, 0.25) is 5.15 Å². The summed E-state index contributed by atoms with van der Waals surface area (Å²) in [5, 5.41) is 3.40. The van der Waals surface area contributed by atoms with Crippen LogP contribution < -0.4 is 11.1 Å². The van der Waals surface area contributed by atoms with Crippen molar-refractivity contribution in [3.05, 3.63) is 11.2 Å². The fraction of sp³-hybridized carbons (Fsp3) is 0.600. The first kappa shape index (κ1) is 14.3. The monoisotopic (exact) mass is 305 g/mol. The lowest BCUT2D eigenvalue weighted by Crippen LogP contribution is -2.44. The molecule has 0 saturated carbocycles. The average molecular weight is 306 g/mol. The van der Waals surface area contributed by atoms with Gasteiger partial charge in [-0.05, 0) is 12.8 Å². The summed E-state index contributed by atoms with van der Waals surface area (Å²) in [5.74, 6) is 0.601. The Labute approximate surface area is 117 Å². The van der Waals surface area contributed by atoms with Crippen LogP contribution in [0.5, 0.6) is 0 Å². The van der Waals surface area contributed by atoms with E-state index in [0.29, 0.717) is 18.9 Å². The predicted octanol–water partition coefficient (Wildman–Crippen LogP) is 0.548. The average Bonchev–Trinajstić information content (AvgIpc) is 2.26. The number of nitrogens with one attached hydrogen (secondary N) is 1. The van der Waals surface area contributed by atoms with Crippen LogP contribution in [-0.4, -0.2) is 48.1 Å². The summed E-state index contributed by atoms with van der Waals surface area (Å²) in [6.45, 7) is 0.976. The van der Waals surface area contributed by atoms with Gasteiger partial charge < -0.3 is 11.1 Å². The lowest BCUT2D eigenvalue weighted by atomic mass is 10.1. The summed E-state index contributed by atoms with van der Waals surface area (Å²) in [6, 6.07) is 1.56. The maximum Gasteiger partial charge on any atom is 0.223 e. The van der Waals surface area contributed by atoms with Crippen molar-refractivity contribution in [3.8, 4) is 0 Å². The Balaban J connectivity index is 2.06. The summed E-state index contributed by atoms with van der Waals surface area (Å²) in [5.41, 5.74) is 5.51. The van der Waals surface area contributed by atoms with E-state index in [2.05, 4.69) is 15.3 Å². The fourth-order valence-corrected chi connectivity index (χ4v) is 3.18. The third kappa shape index (κ3) is 3.92. The molecule has 3 N–H and O–H groups in total. The van der Waals surface area contributed by atoms with E-state index in [9.17, 15) is 8.42 Å². The molecule has 0 radical (unpaired) electrons. The molecule has 0 spiro atoms. The maximum absolute atomic E-state index is 11.5. The smallest absolute Gasteiger partial charge is 0.223 e. The number of nitrogens with two attached hydrogens (primary N) is 1. The summed E-state index contributed by atoms with van der Waals surface area (Å²) in [4.78, 5) is 7.79. The topological polar surface area (TPSA) is 101 Å². The van der Waals surface area contributed by atoms with Crippen molar-refractivity contribution in [2.24, 2.45) is 0 Å². The SMILES string of the molecule is CS(=O)(=O)N1CCCC(Nc2cc(Cl)nc(N)n2)C1. The molecule has 0 aromatic carbocycles. The summed E-state index contributed by atoms with van der Waals surface area (Å²) in [7, 11) is -3.16. The standard InChI is InChI=1S/C10H16ClN5O2S/c1-19(17,18)16-4-2-3-7(6-16)13-9-5-8(11)14-10(12)15-9/h5,7H,2-4,6H2,1H3,(H3,12,13,14,15). The molecule has 1 aromatic rings. The van der Waals surface area contributed by atoms with E-state index < -0.39 is 10.0 Å². The van der Waals surface area contributed by atoms with E-state index in [1.54, 1.807) is 6.07 Å². The Morgan fingerprint density at radius 2 is 2.26 bits per heavy atom. The molecule has 7 nitrogen and oxygen atoms in total. The molecule has 0 aliphatic carbocycles. The molecule has 1 atom stereocenters. The van der Waals surface area contributed by atoms with Gasteiger partial charge in [0.15, 0.2) is 0 Å². The van der Waals surface area contributed by atoms with Gasteiger partial charge in [-0.3, -0.25) is 0 Å². The highest BCUT2D eigenvalue weighted by molar-refractivity contribution is 7.88. The Morgan fingerprint density at radius 1 is 1.53 bits per heavy atom. The predicted molar refractivity (Wildman–Crippen MR) is 74.5 cm³/mol. The van der Waals surface area contributed by atoms with Crippen molar-refractivity contribution in [1.82, 2.24) is 14.3 Å². The number of sulfonamides is 1. The van der Waals surface area contributed by atoms with Crippen LogP contribution >= 0.6 is 11.6 Å². The van der Waals surface area contributed by atoms with Crippen LogP contribution in [0.1, 0.15) is 12.8 Å². The molecule has 1 aliphatic rings. The highest BCUT2D eigenvalue weighted by Crippen LogP contribution is 2.19. The zero-order valence-electron chi connectivity index (χ0n) is 10.5. The van der Waals surface area contributed by atoms with Gasteiger partial charge in [-0.25, -0.2) is 17.7 Å². The van der Waals surface area contributed by atoms with Crippen molar-refractivity contribution >= 4 is 33.4 Å². The number of nitrogen functional groups attached to an aromatic ring is 1. The van der Waals surface area contributed by atoms with Crippen molar-refractivity contribution in [2.75, 3.05) is 30.4 Å². The molecule has 1 aromatic heterocycles. The Morgan fingerprint density at radius 3 is 2.89 bits per heavy atom. The number of halogens is 1. The molecule has 19 heavy (non-hydrogen) atoms. The van der Waals surface area contributed by atoms with Crippen molar-refractivity contribution in [1.29, 1.82) is 0 Å². The van der Waals surface area contributed by atoms with Crippen molar-refractivity contribution in [2.45, 2.75) is 18.9 Å². The molecular formula is C10H16ClN5O2S. The highest BCUT2D eigenvalue weighted by Gasteiger charge is 2.26. The van der Waals surface area contributed by atoms with E-state index in [4.69, 9.17) is 17.3 Å². The number of hydrogen-bond acceptors (Lipinski definition) is 6. The lowest BCUT2D eigenvalue weighted by Gasteiger charge is -2.31. The van der Waals surface area contributed by atoms with E-state index in [0.717, 1.165) is 12.8 Å². The molecule has 106 valence electrons. The van der Waals surface area contributed by atoms with E-state index in [-0.39, 0.29) is 17.1 Å². The number of hydrogen-bond donors (Lipinski definition) is 2. The summed E-state index contributed by atoms with van der Waals surface area (Å²) < 4.78 is 24.5. The van der Waals surface area contributed by atoms with Gasteiger partial charge in [0.2, 0.25) is 16.0 Å². The largest absolute Gasteiger partial charge is 0.368 e. The molecule has 2 rings (SSSR count). The van der Waals surface area contributed by atoms with E-state index in [1.807, 2.05) is 0 Å². The van der Waals surface area contributed by atoms with Crippen LogP contribution in [0.4, 0.5) is 11.8 Å². The van der Waals surface area contributed by atoms with Gasteiger partial charge in [-0.15, -0.1) is 0 Å². The Kier molecular flexibility index (Phi) is 4.12. The van der Waals surface area contributed by atoms with Crippen LogP contribution in [-0.2, 0) is 10.0 Å². The first-order valence-electron chi connectivity index (χ1n) is 5.86. The van der Waals surface area contributed by atoms with Gasteiger partial charge in [-0.1, -0.05) is 11.6 Å². The molecule has 2 heterocycles. The molecule has 1 saturated heterocycles. The first-order chi connectivity index (χ1) is 8.84. The molecule has 0 amide bonds. The number of rotatable bonds is 3. The van der Waals surface area contributed by atoms with Crippen molar-refractivity contribution < 1.29 is 8.42 Å². The normalized spacial score (nSPS) is 21.3. The maximum atomic E-state index is 11.5. The minimum atomic E-state index is -3.16. The summed E-state index contributed by atoms with van der Waals surface area (Å²) in [6.07, 6.45) is 2.89. The van der Waals surface area contributed by atoms with Gasteiger partial charge in [0.05, 0.1) is 6.26 Å². The number of aromatic nitrogens is 2. The van der Waals surface area contributed by atoms with Crippen LogP contribution in [0, 0.1) is 0 Å². The van der Waals surface area contributed by atoms with E-state index >= 15 is 0 Å². The Hall–Kier alpha value is -1.12. The highest BCUT2D eigenvalue weighted by atomic mass is 35.5. The quantitative estimate of drug-likeness (QED) is 0.791. The van der Waals surface area contributed by atoms with Gasteiger partial charge in [0.1, 0.15) is 11.0 Å². The minimum absolute atomic E-state index is 0.00570. The summed E-state index contributed by atoms with van der Waals surface area (Å²) >= 11 is 5.79. The zero-order chi connectivity index (χ0) is 14.0. The number of anilines is 2. The Bertz CT molecular complexity index is 545. The first-order valence-corrected chi connectivity index (χ1v) is 8.09. The molecule has 0 bridgehead atoms. The second-order valence-corrected chi connectivity index (χ2v) is 6.91. The minimum Gasteiger partial charge on any atom is -0.368 e. The second kappa shape index (κ2) is 5.48. The third-order valence-electron chi connectivity index (χ3n) is 2.92.